The lowest BCUT2D eigenvalue weighted by Gasteiger charge is -2.35. The van der Waals surface area contributed by atoms with Crippen molar-refractivity contribution in [2.45, 2.75) is 12.5 Å². The molecule has 1 unspecified atom stereocenters. The number of likely N-dealkylation sites (N-methyl/N-ethyl adjacent to an activating group) is 1. The quantitative estimate of drug-likeness (QED) is 0.838. The van der Waals surface area contributed by atoms with Gasteiger partial charge in [-0.2, -0.15) is 0 Å². The Morgan fingerprint density at radius 1 is 1.60 bits per heavy atom. The molecule has 0 bridgehead atoms. The van der Waals surface area contributed by atoms with Crippen LogP contribution in [0.25, 0.3) is 0 Å². The molecular formula is C11H14ClNO2. The van der Waals surface area contributed by atoms with Crippen molar-refractivity contribution in [3.05, 3.63) is 23.2 Å². The van der Waals surface area contributed by atoms with Crippen LogP contribution in [0.3, 0.4) is 0 Å². The van der Waals surface area contributed by atoms with E-state index < -0.39 is 0 Å². The maximum atomic E-state index is 8.93. The summed E-state index contributed by atoms with van der Waals surface area (Å²) in [6, 6.07) is 5.86. The van der Waals surface area contributed by atoms with Crippen molar-refractivity contribution in [2.24, 2.45) is 0 Å². The third-order valence-corrected chi connectivity index (χ3v) is 2.98. The number of fused-ring (bicyclic) bond motifs is 1. The summed E-state index contributed by atoms with van der Waals surface area (Å²) in [5.74, 6) is 0.819. The first kappa shape index (κ1) is 10.6. The normalized spacial score (nSPS) is 19.7. The van der Waals surface area contributed by atoms with Gasteiger partial charge in [0.25, 0.3) is 0 Å². The smallest absolute Gasteiger partial charge is 0.144 e. The highest BCUT2D eigenvalue weighted by atomic mass is 35.5. The Balaban J connectivity index is 2.26. The van der Waals surface area contributed by atoms with E-state index in [1.807, 2.05) is 25.2 Å². The van der Waals surface area contributed by atoms with E-state index in [-0.39, 0.29) is 12.6 Å². The predicted octanol–water partition coefficient (Wildman–Crippen LogP) is 1.92. The van der Waals surface area contributed by atoms with Crippen LogP contribution in [-0.4, -0.2) is 31.4 Å². The van der Waals surface area contributed by atoms with Crippen LogP contribution < -0.4 is 9.64 Å². The largest absolute Gasteiger partial charge is 0.489 e. The van der Waals surface area contributed by atoms with E-state index in [2.05, 4.69) is 4.90 Å². The van der Waals surface area contributed by atoms with Crippen LogP contribution in [0.4, 0.5) is 5.69 Å². The van der Waals surface area contributed by atoms with Gasteiger partial charge in [0.1, 0.15) is 12.4 Å². The zero-order chi connectivity index (χ0) is 10.8. The van der Waals surface area contributed by atoms with Crippen LogP contribution in [0.5, 0.6) is 5.75 Å². The molecule has 1 heterocycles. The van der Waals surface area contributed by atoms with Crippen molar-refractivity contribution >= 4 is 17.3 Å². The molecule has 0 saturated heterocycles. The summed E-state index contributed by atoms with van der Waals surface area (Å²) in [5, 5.41) is 9.61. The fourth-order valence-corrected chi connectivity index (χ4v) is 1.98. The van der Waals surface area contributed by atoms with Gasteiger partial charge in [-0.1, -0.05) is 11.6 Å². The van der Waals surface area contributed by atoms with Crippen molar-refractivity contribution in [1.29, 1.82) is 0 Å². The molecule has 0 fully saturated rings. The van der Waals surface area contributed by atoms with Gasteiger partial charge in [-0.15, -0.1) is 0 Å². The van der Waals surface area contributed by atoms with Gasteiger partial charge in [0.05, 0.1) is 11.7 Å². The maximum Gasteiger partial charge on any atom is 0.144 e. The predicted molar refractivity (Wildman–Crippen MR) is 60.8 cm³/mol. The van der Waals surface area contributed by atoms with Crippen LogP contribution >= 0.6 is 11.6 Å². The van der Waals surface area contributed by atoms with E-state index >= 15 is 0 Å². The molecule has 4 heteroatoms. The van der Waals surface area contributed by atoms with Crippen LogP contribution in [0.15, 0.2) is 18.2 Å². The summed E-state index contributed by atoms with van der Waals surface area (Å²) in [6.45, 7) is 0.783. The molecule has 0 aliphatic carbocycles. The van der Waals surface area contributed by atoms with Crippen LogP contribution in [-0.2, 0) is 0 Å². The number of aliphatic hydroxyl groups is 1. The van der Waals surface area contributed by atoms with Gasteiger partial charge >= 0.3 is 0 Å². The summed E-state index contributed by atoms with van der Waals surface area (Å²) >= 11 is 5.88. The lowest BCUT2D eigenvalue weighted by atomic mass is 10.1. The minimum Gasteiger partial charge on any atom is -0.489 e. The molecule has 82 valence electrons. The molecule has 0 amide bonds. The number of halogens is 1. The Kier molecular flexibility index (Phi) is 3.03. The minimum atomic E-state index is 0.182. The molecule has 0 spiro atoms. The number of hydrogen-bond donors (Lipinski definition) is 1. The molecule has 1 aromatic carbocycles. The van der Waals surface area contributed by atoms with Crippen molar-refractivity contribution in [3.63, 3.8) is 0 Å². The van der Waals surface area contributed by atoms with Gasteiger partial charge in [-0.3, -0.25) is 0 Å². The minimum absolute atomic E-state index is 0.182. The zero-order valence-corrected chi connectivity index (χ0v) is 9.37. The molecule has 2 rings (SSSR count). The zero-order valence-electron chi connectivity index (χ0n) is 8.61. The molecule has 1 aromatic rings. The Hall–Kier alpha value is -0.930. The van der Waals surface area contributed by atoms with Gasteiger partial charge in [0, 0.05) is 24.7 Å². The highest BCUT2D eigenvalue weighted by Gasteiger charge is 2.24. The molecular weight excluding hydrogens is 214 g/mol. The first-order valence-electron chi connectivity index (χ1n) is 4.98. The van der Waals surface area contributed by atoms with E-state index in [0.717, 1.165) is 17.9 Å². The monoisotopic (exact) mass is 227 g/mol. The average molecular weight is 228 g/mol. The number of anilines is 1. The maximum absolute atomic E-state index is 8.93. The molecule has 1 aliphatic heterocycles. The third-order valence-electron chi connectivity index (χ3n) is 2.74. The third kappa shape index (κ3) is 2.03. The molecule has 3 nitrogen and oxygen atoms in total. The highest BCUT2D eigenvalue weighted by Crippen LogP contribution is 2.35. The first-order chi connectivity index (χ1) is 7.22. The number of ether oxygens (including phenoxy) is 1. The van der Waals surface area contributed by atoms with Gasteiger partial charge in [-0.25, -0.2) is 0 Å². The molecule has 15 heavy (non-hydrogen) atoms. The van der Waals surface area contributed by atoms with Crippen molar-refractivity contribution in [1.82, 2.24) is 0 Å². The van der Waals surface area contributed by atoms with Gasteiger partial charge in [-0.05, 0) is 18.6 Å². The molecule has 0 aromatic heterocycles. The Labute approximate surface area is 94.2 Å². The number of benzene rings is 1. The van der Waals surface area contributed by atoms with Crippen LogP contribution in [0.1, 0.15) is 6.42 Å². The standard InChI is InChI=1S/C11H14ClNO2/c1-13-9(4-5-14)7-15-11-6-8(12)2-3-10(11)13/h2-3,6,9,14H,4-5,7H2,1H3. The van der Waals surface area contributed by atoms with Crippen molar-refractivity contribution in [2.75, 3.05) is 25.2 Å². The Morgan fingerprint density at radius 2 is 2.40 bits per heavy atom. The summed E-state index contributed by atoms with van der Waals surface area (Å²) in [5.41, 5.74) is 1.03. The Morgan fingerprint density at radius 3 is 3.13 bits per heavy atom. The first-order valence-corrected chi connectivity index (χ1v) is 5.36. The van der Waals surface area contributed by atoms with Crippen LogP contribution in [0, 0.1) is 0 Å². The molecule has 1 atom stereocenters. The van der Waals surface area contributed by atoms with E-state index in [9.17, 15) is 0 Å². The number of hydrogen-bond acceptors (Lipinski definition) is 3. The van der Waals surface area contributed by atoms with E-state index in [4.69, 9.17) is 21.4 Å². The van der Waals surface area contributed by atoms with Crippen LogP contribution in [0.2, 0.25) is 5.02 Å². The van der Waals surface area contributed by atoms with E-state index in [1.165, 1.54) is 0 Å². The average Bonchev–Trinajstić information content (AvgIpc) is 2.22. The summed E-state index contributed by atoms with van der Waals surface area (Å²) in [4.78, 5) is 2.13. The summed E-state index contributed by atoms with van der Waals surface area (Å²) in [7, 11) is 2.01. The topological polar surface area (TPSA) is 32.7 Å². The van der Waals surface area contributed by atoms with Crippen molar-refractivity contribution < 1.29 is 9.84 Å². The second-order valence-corrected chi connectivity index (χ2v) is 4.14. The molecule has 1 aliphatic rings. The lowest BCUT2D eigenvalue weighted by molar-refractivity contribution is 0.219. The van der Waals surface area contributed by atoms with E-state index in [0.29, 0.717) is 11.6 Å². The summed E-state index contributed by atoms with van der Waals surface area (Å²) < 4.78 is 5.60. The fraction of sp³-hybridized carbons (Fsp3) is 0.455. The lowest BCUT2D eigenvalue weighted by Crippen LogP contribution is -2.40. The van der Waals surface area contributed by atoms with Gasteiger partial charge < -0.3 is 14.7 Å². The molecule has 0 radical (unpaired) electrons. The molecule has 1 N–H and O–H groups in total. The SMILES string of the molecule is CN1c2ccc(Cl)cc2OCC1CCO. The molecule has 0 saturated carbocycles. The second-order valence-electron chi connectivity index (χ2n) is 3.70. The van der Waals surface area contributed by atoms with Gasteiger partial charge in [0.2, 0.25) is 0 Å². The number of nitrogens with zero attached hydrogens (tertiary/aromatic N) is 1. The highest BCUT2D eigenvalue weighted by molar-refractivity contribution is 6.30. The second kappa shape index (κ2) is 4.29. The number of aliphatic hydroxyl groups excluding tert-OH is 1. The van der Waals surface area contributed by atoms with Gasteiger partial charge in [0.15, 0.2) is 0 Å². The van der Waals surface area contributed by atoms with Crippen molar-refractivity contribution in [3.8, 4) is 5.75 Å². The Bertz CT molecular complexity index is 356. The fourth-order valence-electron chi connectivity index (χ4n) is 1.82. The van der Waals surface area contributed by atoms with E-state index in [1.54, 1.807) is 0 Å². The number of rotatable bonds is 2. The summed E-state index contributed by atoms with van der Waals surface area (Å²) in [6.07, 6.45) is 0.721.